The summed E-state index contributed by atoms with van der Waals surface area (Å²) in [6.07, 6.45) is -4.77. The molecule has 3 aromatic rings. The van der Waals surface area contributed by atoms with Crippen molar-refractivity contribution < 1.29 is 22.6 Å². The maximum absolute atomic E-state index is 12.6. The Morgan fingerprint density at radius 3 is 2.37 bits per heavy atom. The number of benzene rings is 2. The Bertz CT molecular complexity index is 1010. The minimum absolute atomic E-state index is 0.0600. The van der Waals surface area contributed by atoms with Crippen LogP contribution in [0, 0.1) is 0 Å². The zero-order valence-electron chi connectivity index (χ0n) is 16.6. The number of nitrogens with one attached hydrogen (secondary N) is 2. The molecule has 0 saturated heterocycles. The van der Waals surface area contributed by atoms with Gasteiger partial charge in [-0.05, 0) is 38.1 Å². The van der Waals surface area contributed by atoms with Crippen LogP contribution in [0.3, 0.4) is 0 Å². The number of methoxy groups -OCH3 is 1. The van der Waals surface area contributed by atoms with Crippen LogP contribution in [0.2, 0.25) is 0 Å². The van der Waals surface area contributed by atoms with Crippen molar-refractivity contribution in [2.24, 2.45) is 0 Å². The van der Waals surface area contributed by atoms with Gasteiger partial charge in [0.15, 0.2) is 0 Å². The SMILES string of the molecule is COc1cccc(Nc2cc(-c3cccc(OC(F)(F)F)c3)nc(NC(C)C)n2)c1. The number of rotatable bonds is 7. The smallest absolute Gasteiger partial charge is 0.497 e. The standard InChI is InChI=1S/C21H21F3N4O2/c1-13(2)25-20-27-18(14-6-4-9-17(10-14)30-21(22,23)24)12-19(28-20)26-15-7-5-8-16(11-15)29-3/h4-13H,1-3H3,(H2,25,26,27,28). The van der Waals surface area contributed by atoms with Crippen molar-refractivity contribution in [3.63, 3.8) is 0 Å². The Kier molecular flexibility index (Phi) is 6.29. The van der Waals surface area contributed by atoms with Gasteiger partial charge in [-0.15, -0.1) is 13.2 Å². The first-order chi connectivity index (χ1) is 14.2. The van der Waals surface area contributed by atoms with Crippen molar-refractivity contribution in [3.05, 3.63) is 54.6 Å². The molecule has 2 N–H and O–H groups in total. The van der Waals surface area contributed by atoms with Crippen LogP contribution >= 0.6 is 0 Å². The van der Waals surface area contributed by atoms with Crippen LogP contribution in [0.1, 0.15) is 13.8 Å². The molecule has 0 unspecified atom stereocenters. The number of ether oxygens (including phenoxy) is 2. The molecule has 0 aliphatic heterocycles. The van der Waals surface area contributed by atoms with E-state index in [1.807, 2.05) is 32.0 Å². The van der Waals surface area contributed by atoms with Crippen molar-refractivity contribution in [3.8, 4) is 22.8 Å². The molecule has 0 fully saturated rings. The fourth-order valence-electron chi connectivity index (χ4n) is 2.68. The van der Waals surface area contributed by atoms with Crippen molar-refractivity contribution in [1.29, 1.82) is 0 Å². The number of aromatic nitrogens is 2. The Balaban J connectivity index is 1.97. The summed E-state index contributed by atoms with van der Waals surface area (Å²) in [5.41, 5.74) is 1.63. The minimum Gasteiger partial charge on any atom is -0.497 e. The summed E-state index contributed by atoms with van der Waals surface area (Å²) < 4.78 is 47.0. The van der Waals surface area contributed by atoms with Gasteiger partial charge in [-0.1, -0.05) is 18.2 Å². The molecule has 3 rings (SSSR count). The molecule has 0 aliphatic rings. The van der Waals surface area contributed by atoms with Crippen molar-refractivity contribution >= 4 is 17.5 Å². The van der Waals surface area contributed by atoms with Crippen LogP contribution in [-0.2, 0) is 0 Å². The third-order valence-electron chi connectivity index (χ3n) is 3.85. The van der Waals surface area contributed by atoms with E-state index in [0.29, 0.717) is 28.8 Å². The molecule has 30 heavy (non-hydrogen) atoms. The van der Waals surface area contributed by atoms with Gasteiger partial charge in [0, 0.05) is 29.4 Å². The van der Waals surface area contributed by atoms with Crippen LogP contribution in [-0.4, -0.2) is 29.5 Å². The number of halogens is 3. The number of alkyl halides is 3. The summed E-state index contributed by atoms with van der Waals surface area (Å²) in [5.74, 6) is 1.17. The largest absolute Gasteiger partial charge is 0.573 e. The monoisotopic (exact) mass is 418 g/mol. The first-order valence-electron chi connectivity index (χ1n) is 9.15. The lowest BCUT2D eigenvalue weighted by Gasteiger charge is -2.14. The average molecular weight is 418 g/mol. The van der Waals surface area contributed by atoms with Gasteiger partial charge in [0.05, 0.1) is 12.8 Å². The lowest BCUT2D eigenvalue weighted by atomic mass is 10.1. The molecule has 158 valence electrons. The highest BCUT2D eigenvalue weighted by Crippen LogP contribution is 2.29. The van der Waals surface area contributed by atoms with E-state index in [-0.39, 0.29) is 11.8 Å². The Labute approximate surface area is 172 Å². The molecule has 0 spiro atoms. The fourth-order valence-corrected chi connectivity index (χ4v) is 2.68. The summed E-state index contributed by atoms with van der Waals surface area (Å²) in [6, 6.07) is 14.6. The summed E-state index contributed by atoms with van der Waals surface area (Å²) in [7, 11) is 1.57. The Morgan fingerprint density at radius 2 is 1.67 bits per heavy atom. The molecule has 0 amide bonds. The summed E-state index contributed by atoms with van der Waals surface area (Å²) in [5, 5.41) is 6.29. The van der Waals surface area contributed by atoms with Gasteiger partial charge in [0.2, 0.25) is 5.95 Å². The van der Waals surface area contributed by atoms with Crippen LogP contribution in [0.25, 0.3) is 11.3 Å². The third-order valence-corrected chi connectivity index (χ3v) is 3.85. The molecule has 6 nitrogen and oxygen atoms in total. The summed E-state index contributed by atoms with van der Waals surface area (Å²) >= 11 is 0. The summed E-state index contributed by atoms with van der Waals surface area (Å²) in [4.78, 5) is 8.88. The van der Waals surface area contributed by atoms with Gasteiger partial charge >= 0.3 is 6.36 Å². The van der Waals surface area contributed by atoms with Gasteiger partial charge in [0.1, 0.15) is 17.3 Å². The fraction of sp³-hybridized carbons (Fsp3) is 0.238. The van der Waals surface area contributed by atoms with Gasteiger partial charge in [0.25, 0.3) is 0 Å². The molecule has 0 saturated carbocycles. The van der Waals surface area contributed by atoms with Crippen molar-refractivity contribution in [2.75, 3.05) is 17.7 Å². The minimum atomic E-state index is -4.77. The van der Waals surface area contributed by atoms with Crippen molar-refractivity contribution in [1.82, 2.24) is 9.97 Å². The molecule has 0 radical (unpaired) electrons. The number of hydrogen-bond acceptors (Lipinski definition) is 6. The second-order valence-corrected chi connectivity index (χ2v) is 6.69. The van der Waals surface area contributed by atoms with Gasteiger partial charge in [-0.25, -0.2) is 4.98 Å². The van der Waals surface area contributed by atoms with Crippen LogP contribution in [0.4, 0.5) is 30.6 Å². The Hall–Kier alpha value is -3.49. The molecular weight excluding hydrogens is 397 g/mol. The molecule has 0 bridgehead atoms. The maximum Gasteiger partial charge on any atom is 0.573 e. The van der Waals surface area contributed by atoms with E-state index >= 15 is 0 Å². The van der Waals surface area contributed by atoms with E-state index in [2.05, 4.69) is 25.3 Å². The van der Waals surface area contributed by atoms with Gasteiger partial charge < -0.3 is 20.1 Å². The predicted molar refractivity (Wildman–Crippen MR) is 109 cm³/mol. The molecule has 0 atom stereocenters. The van der Waals surface area contributed by atoms with E-state index in [1.165, 1.54) is 18.2 Å². The van der Waals surface area contributed by atoms with Crippen LogP contribution < -0.4 is 20.1 Å². The van der Waals surface area contributed by atoms with E-state index < -0.39 is 6.36 Å². The first-order valence-corrected chi connectivity index (χ1v) is 9.15. The highest BCUT2D eigenvalue weighted by atomic mass is 19.4. The number of nitrogens with zero attached hydrogens (tertiary/aromatic N) is 2. The molecular formula is C21H21F3N4O2. The zero-order chi connectivity index (χ0) is 21.7. The van der Waals surface area contributed by atoms with Crippen LogP contribution in [0.15, 0.2) is 54.6 Å². The maximum atomic E-state index is 12.6. The number of anilines is 3. The summed E-state index contributed by atoms with van der Waals surface area (Å²) in [6.45, 7) is 3.87. The van der Waals surface area contributed by atoms with E-state index in [1.54, 1.807) is 25.3 Å². The number of hydrogen-bond donors (Lipinski definition) is 2. The topological polar surface area (TPSA) is 68.3 Å². The average Bonchev–Trinajstić information content (AvgIpc) is 2.66. The molecule has 2 aromatic carbocycles. The highest BCUT2D eigenvalue weighted by molar-refractivity contribution is 5.68. The first kappa shape index (κ1) is 21.2. The molecule has 1 aromatic heterocycles. The second kappa shape index (κ2) is 8.89. The predicted octanol–water partition coefficient (Wildman–Crippen LogP) is 5.61. The van der Waals surface area contributed by atoms with Gasteiger partial charge in [-0.2, -0.15) is 4.98 Å². The van der Waals surface area contributed by atoms with Crippen molar-refractivity contribution in [2.45, 2.75) is 26.3 Å². The van der Waals surface area contributed by atoms with E-state index in [9.17, 15) is 13.2 Å². The molecule has 0 aliphatic carbocycles. The normalized spacial score (nSPS) is 11.3. The Morgan fingerprint density at radius 1 is 0.933 bits per heavy atom. The quantitative estimate of drug-likeness (QED) is 0.520. The highest BCUT2D eigenvalue weighted by Gasteiger charge is 2.31. The third kappa shape index (κ3) is 6.00. The lowest BCUT2D eigenvalue weighted by Crippen LogP contribution is -2.17. The zero-order valence-corrected chi connectivity index (χ0v) is 16.6. The molecule has 1 heterocycles. The van der Waals surface area contributed by atoms with Gasteiger partial charge in [-0.3, -0.25) is 0 Å². The van der Waals surface area contributed by atoms with Crippen LogP contribution in [0.5, 0.6) is 11.5 Å². The second-order valence-electron chi connectivity index (χ2n) is 6.69. The van der Waals surface area contributed by atoms with E-state index in [0.717, 1.165) is 5.69 Å². The van der Waals surface area contributed by atoms with E-state index in [4.69, 9.17) is 4.74 Å². The lowest BCUT2D eigenvalue weighted by molar-refractivity contribution is -0.274. The molecule has 9 heteroatoms.